The Bertz CT molecular complexity index is 2270. The third-order valence-electron chi connectivity index (χ3n) is 7.98. The Morgan fingerprint density at radius 1 is 0.738 bits per heavy atom. The first-order valence-electron chi connectivity index (χ1n) is 15.0. The molecule has 6 rings (SSSR count). The van der Waals surface area contributed by atoms with Gasteiger partial charge in [-0.05, 0) is 43.7 Å². The monoisotopic (exact) mass is 1180 g/mol. The van der Waals surface area contributed by atoms with Crippen LogP contribution in [0.3, 0.4) is 0 Å². The van der Waals surface area contributed by atoms with Crippen molar-refractivity contribution in [3.8, 4) is 0 Å². The first kappa shape index (κ1) is 60.5. The molecule has 4 aromatic rings. The number of thiol groups is 1. The number of aliphatic hydroxyl groups excluding tert-OH is 4. The molecule has 12 atom stereocenters. The number of halogens is 4. The minimum Gasteiger partial charge on any atom is -0.387 e. The topological polar surface area (TPSA) is 387 Å². The van der Waals surface area contributed by atoms with Crippen molar-refractivity contribution in [3.63, 3.8) is 0 Å². The number of nitrogens with two attached hydrogens (primary N) is 2. The van der Waals surface area contributed by atoms with Crippen molar-refractivity contribution >= 4 is 142 Å². The Morgan fingerprint density at radius 2 is 1.11 bits per heavy atom. The van der Waals surface area contributed by atoms with Gasteiger partial charge in [0.2, 0.25) is 9.47 Å². The van der Waals surface area contributed by atoms with E-state index in [4.69, 9.17) is 65.0 Å². The molecular formula is C21H26Br2Cl2N10Na4O16P4S2+4. The van der Waals surface area contributed by atoms with Crippen LogP contribution in [-0.4, -0.2) is 128 Å². The summed E-state index contributed by atoms with van der Waals surface area (Å²) in [5, 5.41) is 42.6. The van der Waals surface area contributed by atoms with Crippen LogP contribution in [0, 0.1) is 0 Å². The number of rotatable bonds is 14. The largest absolute Gasteiger partial charge is 1.00 e. The molecule has 0 aliphatic carbocycles. The summed E-state index contributed by atoms with van der Waals surface area (Å²) in [7, 11) is -12.2. The Labute approximate surface area is 468 Å². The van der Waals surface area contributed by atoms with Crippen LogP contribution < -0.4 is 130 Å². The van der Waals surface area contributed by atoms with E-state index < -0.39 is 94.8 Å². The van der Waals surface area contributed by atoms with Crippen molar-refractivity contribution in [1.29, 1.82) is 0 Å². The zero-order chi connectivity index (χ0) is 42.2. The Morgan fingerprint density at radius 3 is 1.52 bits per heavy atom. The predicted octanol–water partition coefficient (Wildman–Crippen LogP) is -10.6. The maximum atomic E-state index is 13.2. The molecule has 2 saturated heterocycles. The van der Waals surface area contributed by atoms with E-state index in [0.717, 1.165) is 0 Å². The van der Waals surface area contributed by atoms with E-state index in [9.17, 15) is 48.8 Å². The van der Waals surface area contributed by atoms with E-state index in [-0.39, 0.29) is 162 Å². The molecule has 4 unspecified atom stereocenters. The third-order valence-corrected chi connectivity index (χ3v) is 20.4. The van der Waals surface area contributed by atoms with Crippen LogP contribution >= 0.6 is 96.0 Å². The second-order valence-corrected chi connectivity index (χ2v) is 25.9. The first-order chi connectivity index (χ1) is 26.3. The van der Waals surface area contributed by atoms with Gasteiger partial charge in [-0.2, -0.15) is 0 Å². The van der Waals surface area contributed by atoms with Gasteiger partial charge in [0, 0.05) is 0 Å². The summed E-state index contributed by atoms with van der Waals surface area (Å²) in [6, 6.07) is 0. The maximum Gasteiger partial charge on any atom is 1.00 e. The number of hydrogen-bond donors (Lipinski definition) is 10. The van der Waals surface area contributed by atoms with Gasteiger partial charge in [0.05, 0.1) is 25.9 Å². The third kappa shape index (κ3) is 13.0. The van der Waals surface area contributed by atoms with E-state index in [2.05, 4.69) is 82.6 Å². The number of alkyl halides is 2. The number of aromatic nitrogens is 8. The van der Waals surface area contributed by atoms with Gasteiger partial charge in [-0.3, -0.25) is 22.8 Å². The summed E-state index contributed by atoms with van der Waals surface area (Å²) in [5.74, 6) is -0.0435. The Hall–Kier alpha value is 3.41. The smallest absolute Gasteiger partial charge is 0.387 e. The second kappa shape index (κ2) is 23.1. The molecule has 316 valence electrons. The first-order valence-corrected chi connectivity index (χ1v) is 25.8. The molecule has 4 aromatic heterocycles. The molecule has 2 aliphatic heterocycles. The summed E-state index contributed by atoms with van der Waals surface area (Å²) in [6.45, 7) is -12.1. The molecular weight excluding hydrogens is 1160 g/mol. The molecule has 0 spiro atoms. The normalized spacial score (nSPS) is 28.0. The molecule has 0 aromatic carbocycles. The Balaban J connectivity index is 0.00000320. The van der Waals surface area contributed by atoms with Crippen molar-refractivity contribution in [2.24, 2.45) is 0 Å². The standard InChI is InChI=1S/C21H26Br2Cl2N10O16P4S2.4Na/c22-19-30-13(26)7-15(32-19)34(3-28-7)17-11(38)9(36)5(48-17)1-46-54(44,56)50-52(40,41)21(24,25)53(42,43)51-55(45,57)47-2-6-10(37)12(39)18(49-6)35-4-29-8-14(27)31-20(23)33-16(8)35;;;;/h3-6,9-12,17-18,36-39H,1-2H2,(H,40,41)(H,42,43)(H,44,56)(H,45,57)(H2,26,30,32)(H2,27,31,33);;;;/q;4*+1/t5-,6-,9-,10-,11-,12-,17-,18-,54?,55?;;;;/m1..../s1. The fourth-order valence-corrected chi connectivity index (χ4v) is 15.2. The molecule has 0 amide bonds. The van der Waals surface area contributed by atoms with Gasteiger partial charge in [-0.1, -0.05) is 35.5 Å². The van der Waals surface area contributed by atoms with E-state index in [1.54, 1.807) is 0 Å². The summed E-state index contributed by atoms with van der Waals surface area (Å²) in [5.41, 5.74) is 12.1. The number of aliphatic hydroxyl groups is 4. The van der Waals surface area contributed by atoms with Crippen LogP contribution in [0.4, 0.5) is 11.6 Å². The van der Waals surface area contributed by atoms with Gasteiger partial charge >= 0.3 is 151 Å². The van der Waals surface area contributed by atoms with Crippen LogP contribution in [0.5, 0.6) is 0 Å². The second-order valence-electron chi connectivity index (χ2n) is 11.7. The fraction of sp³-hybridized carbons (Fsp3) is 0.524. The van der Waals surface area contributed by atoms with E-state index in [1.807, 2.05) is 0 Å². The summed E-state index contributed by atoms with van der Waals surface area (Å²) < 4.78 is 68.2. The van der Waals surface area contributed by atoms with Gasteiger partial charge in [-0.25, -0.2) is 43.1 Å². The number of nitrogens with zero attached hydrogens (tertiary/aromatic N) is 8. The number of ether oxygens (including phenoxy) is 2. The van der Waals surface area contributed by atoms with Gasteiger partial charge in [0.15, 0.2) is 35.4 Å². The number of imidazole rings is 2. The molecule has 26 nitrogen and oxygen atoms in total. The Kier molecular flexibility index (Phi) is 22.9. The van der Waals surface area contributed by atoms with Crippen molar-refractivity contribution in [2.75, 3.05) is 24.7 Å². The van der Waals surface area contributed by atoms with E-state index in [1.165, 1.54) is 21.8 Å². The number of fused-ring (bicyclic) bond motifs is 2. The molecule has 0 bridgehead atoms. The minimum atomic E-state index is -6.11. The van der Waals surface area contributed by atoms with Crippen molar-refractivity contribution in [2.45, 2.75) is 52.9 Å². The van der Waals surface area contributed by atoms with Crippen LogP contribution in [0.2, 0.25) is 0 Å². The zero-order valence-corrected chi connectivity index (χ0v) is 49.4. The molecule has 2 fully saturated rings. The summed E-state index contributed by atoms with van der Waals surface area (Å²) in [4.78, 5) is 55.9. The fourth-order valence-electron chi connectivity index (χ4n) is 5.31. The summed E-state index contributed by atoms with van der Waals surface area (Å²) >= 11 is 26.0. The van der Waals surface area contributed by atoms with Gasteiger partial charge in [0.25, 0.3) is 0 Å². The number of hydrogen-bond acceptors (Lipinski definition) is 22. The molecule has 11 N–H and O–H groups in total. The van der Waals surface area contributed by atoms with Crippen molar-refractivity contribution in [1.82, 2.24) is 39.0 Å². The van der Waals surface area contributed by atoms with Crippen LogP contribution in [0.15, 0.2) is 22.1 Å². The van der Waals surface area contributed by atoms with Crippen molar-refractivity contribution in [3.05, 3.63) is 22.1 Å². The van der Waals surface area contributed by atoms with E-state index in [0.29, 0.717) is 0 Å². The summed E-state index contributed by atoms with van der Waals surface area (Å²) in [6.07, 6.45) is -10.3. The molecule has 0 radical (unpaired) electrons. The molecule has 40 heteroatoms. The average Bonchev–Trinajstić information content (AvgIpc) is 3.83. The van der Waals surface area contributed by atoms with Gasteiger partial charge < -0.3 is 60.6 Å². The van der Waals surface area contributed by atoms with Crippen LogP contribution in [0.25, 0.3) is 22.3 Å². The van der Waals surface area contributed by atoms with Gasteiger partial charge in [-0.15, -0.1) is 0 Å². The molecule has 61 heavy (non-hydrogen) atoms. The number of nitrogen functional groups attached to an aromatic ring is 2. The average molecular weight is 1190 g/mol. The van der Waals surface area contributed by atoms with Gasteiger partial charge in [0.1, 0.15) is 47.7 Å². The SMILES string of the molecule is Nc1nc(Br)nc2c1ncn2[C@@H]1O[C@H](COP(=O)(S)OP(=O)(O)C(Cl)(Cl)P(=O)(O)OP(O)(=S)OC[C@H]2O[C@@H](n3cnc4c(N)nc(Br)nc43)[C@H](O)[C@@H]2O)[C@@H](O)[C@H]1O.[Na+].[Na+].[Na+].[Na+]. The van der Waals surface area contributed by atoms with Crippen LogP contribution in [-0.2, 0) is 52.6 Å². The zero-order valence-electron chi connectivity index (χ0n) is 31.4. The van der Waals surface area contributed by atoms with Crippen LogP contribution in [0.1, 0.15) is 12.5 Å². The van der Waals surface area contributed by atoms with E-state index >= 15 is 0 Å². The van der Waals surface area contributed by atoms with Crippen molar-refractivity contribution < 1.29 is 194 Å². The quantitative estimate of drug-likeness (QED) is 0.0184. The maximum absolute atomic E-state index is 13.2. The molecule has 2 aliphatic rings. The minimum absolute atomic E-state index is 0. The number of anilines is 2. The molecule has 0 saturated carbocycles. The molecule has 6 heterocycles. The predicted molar refractivity (Wildman–Crippen MR) is 208 cm³/mol.